The largest absolute Gasteiger partial charge is 0.438 e. The molecule has 1 fully saturated rings. The molecule has 3 aromatic heterocycles. The van der Waals surface area contributed by atoms with Gasteiger partial charge in [0.2, 0.25) is 11.8 Å². The summed E-state index contributed by atoms with van der Waals surface area (Å²) >= 11 is 1.22. The van der Waals surface area contributed by atoms with Crippen LogP contribution in [0.25, 0.3) is 10.2 Å². The minimum Gasteiger partial charge on any atom is -0.438 e. The van der Waals surface area contributed by atoms with Gasteiger partial charge in [-0.1, -0.05) is 19.4 Å². The highest BCUT2D eigenvalue weighted by Gasteiger charge is 2.34. The maximum absolute atomic E-state index is 13.5. The Morgan fingerprint density at radius 3 is 2.58 bits per heavy atom. The number of urea groups is 1. The predicted octanol–water partition coefficient (Wildman–Crippen LogP) is 4.91. The number of benzene rings is 1. The normalized spacial score (nSPS) is 18.1. The quantitative estimate of drug-likeness (QED) is 0.276. The number of aromatic nitrogens is 3. The molecule has 1 aromatic carbocycles. The lowest BCUT2D eigenvalue weighted by molar-refractivity contribution is -0.117. The summed E-state index contributed by atoms with van der Waals surface area (Å²) in [6.45, 7) is 3.52. The van der Waals surface area contributed by atoms with Gasteiger partial charge in [0.15, 0.2) is 0 Å². The van der Waals surface area contributed by atoms with Crippen LogP contribution in [-0.2, 0) is 4.79 Å². The molecule has 4 aromatic rings. The Balaban J connectivity index is 1.27. The first-order valence-corrected chi connectivity index (χ1v) is 13.7. The van der Waals surface area contributed by atoms with E-state index < -0.39 is 6.03 Å². The first kappa shape index (κ1) is 25.4. The van der Waals surface area contributed by atoms with E-state index in [-0.39, 0.29) is 23.9 Å². The molecule has 0 saturated heterocycles. The second-order valence-corrected chi connectivity index (χ2v) is 10.4. The second kappa shape index (κ2) is 10.7. The highest BCUT2D eigenvalue weighted by Crippen LogP contribution is 2.46. The van der Waals surface area contributed by atoms with Crippen molar-refractivity contribution in [2.45, 2.75) is 37.8 Å². The van der Waals surface area contributed by atoms with Crippen molar-refractivity contribution in [2.75, 3.05) is 10.2 Å². The van der Waals surface area contributed by atoms with Gasteiger partial charge in [0.25, 0.3) is 5.91 Å². The molecule has 1 saturated carbocycles. The van der Waals surface area contributed by atoms with Crippen molar-refractivity contribution in [1.29, 1.82) is 0 Å². The molecule has 0 spiro atoms. The number of nitrogens with one attached hydrogen (secondary N) is 3. The Kier molecular flexibility index (Phi) is 6.83. The number of rotatable bonds is 7. The SMILES string of the molecule is C=CC(=O)N[C@H]1CCCC[C@H]1NC(=O)c1sc2nccc3c2c1NC(=O)N3c1ccc(Oc2cccnn2)cc1. The van der Waals surface area contributed by atoms with Gasteiger partial charge in [-0.05, 0) is 55.3 Å². The summed E-state index contributed by atoms with van der Waals surface area (Å²) in [6, 6.07) is 11.4. The molecule has 4 amide bonds. The molecular weight excluding hydrogens is 530 g/mol. The number of nitrogens with zero attached hydrogens (tertiary/aromatic N) is 4. The van der Waals surface area contributed by atoms with E-state index in [0.717, 1.165) is 25.7 Å². The molecular formula is C28H25N7O4S. The third kappa shape index (κ3) is 4.84. The number of hydrogen-bond donors (Lipinski definition) is 3. The number of hydrogen-bond acceptors (Lipinski definition) is 8. The number of thiophene rings is 1. The van der Waals surface area contributed by atoms with Crippen LogP contribution in [0.15, 0.2) is 67.5 Å². The van der Waals surface area contributed by atoms with Crippen LogP contribution in [0, 0.1) is 0 Å². The maximum atomic E-state index is 13.5. The molecule has 40 heavy (non-hydrogen) atoms. The lowest BCUT2D eigenvalue weighted by atomic mass is 9.90. The van der Waals surface area contributed by atoms with Crippen LogP contribution in [0.4, 0.5) is 21.9 Å². The zero-order valence-corrected chi connectivity index (χ0v) is 22.1. The fourth-order valence-corrected chi connectivity index (χ4v) is 6.10. The summed E-state index contributed by atoms with van der Waals surface area (Å²) in [5.41, 5.74) is 1.67. The van der Waals surface area contributed by atoms with E-state index in [1.165, 1.54) is 17.4 Å². The van der Waals surface area contributed by atoms with Crippen molar-refractivity contribution in [3.05, 3.63) is 72.4 Å². The summed E-state index contributed by atoms with van der Waals surface area (Å²) in [6.07, 6.45) is 7.85. The standard InChI is InChI=1S/C28H25N7O4S/c1-2-21(36)31-18-6-3-4-7-19(18)32-26(37)25-24-23-20(13-15-29-27(23)40-25)35(28(38)33-24)16-9-11-17(12-10-16)39-22-8-5-14-30-34-22/h2,5,8-15,18-19H,1,3-4,6-7H2,(H,31,36)(H,32,37)(H,33,38)/t18-,19+/m0/s1. The number of carbonyl (C=O) groups excluding carboxylic acids is 3. The zero-order valence-electron chi connectivity index (χ0n) is 21.3. The first-order valence-electron chi connectivity index (χ1n) is 12.8. The number of pyridine rings is 1. The van der Waals surface area contributed by atoms with E-state index in [1.807, 2.05) is 0 Å². The molecule has 11 nitrogen and oxygen atoms in total. The Hall–Kier alpha value is -4.84. The topological polar surface area (TPSA) is 138 Å². The summed E-state index contributed by atoms with van der Waals surface area (Å²) in [5, 5.41) is 17.3. The van der Waals surface area contributed by atoms with Crippen molar-refractivity contribution in [2.24, 2.45) is 0 Å². The van der Waals surface area contributed by atoms with Crippen molar-refractivity contribution >= 4 is 56.5 Å². The van der Waals surface area contributed by atoms with Crippen LogP contribution in [0.2, 0.25) is 0 Å². The molecule has 202 valence electrons. The summed E-state index contributed by atoms with van der Waals surface area (Å²) in [4.78, 5) is 45.8. The molecule has 1 aliphatic carbocycles. The van der Waals surface area contributed by atoms with Crippen molar-refractivity contribution in [3.8, 4) is 11.6 Å². The van der Waals surface area contributed by atoms with Gasteiger partial charge in [-0.2, -0.15) is 5.10 Å². The number of amides is 4. The van der Waals surface area contributed by atoms with Gasteiger partial charge in [0, 0.05) is 30.5 Å². The zero-order chi connectivity index (χ0) is 27.6. The van der Waals surface area contributed by atoms with Gasteiger partial charge < -0.3 is 20.7 Å². The minimum absolute atomic E-state index is 0.186. The Morgan fingerprint density at radius 2 is 1.85 bits per heavy atom. The summed E-state index contributed by atoms with van der Waals surface area (Å²) < 4.78 is 5.72. The van der Waals surface area contributed by atoms with Gasteiger partial charge in [0.1, 0.15) is 15.5 Å². The van der Waals surface area contributed by atoms with Gasteiger partial charge in [-0.25, -0.2) is 9.78 Å². The molecule has 3 N–H and O–H groups in total. The van der Waals surface area contributed by atoms with Crippen molar-refractivity contribution in [3.63, 3.8) is 0 Å². The number of anilines is 3. The van der Waals surface area contributed by atoms with E-state index in [9.17, 15) is 14.4 Å². The lowest BCUT2D eigenvalue weighted by Gasteiger charge is -2.32. The molecule has 12 heteroatoms. The summed E-state index contributed by atoms with van der Waals surface area (Å²) in [5.74, 6) is 0.325. The number of ether oxygens (including phenoxy) is 1. The Morgan fingerprint density at radius 1 is 1.07 bits per heavy atom. The van der Waals surface area contributed by atoms with Crippen LogP contribution in [-0.4, -0.2) is 45.1 Å². The average Bonchev–Trinajstić information content (AvgIpc) is 3.35. The fraction of sp³-hybridized carbons (Fsp3) is 0.214. The second-order valence-electron chi connectivity index (χ2n) is 9.42. The highest BCUT2D eigenvalue weighted by atomic mass is 32.1. The summed E-state index contributed by atoms with van der Waals surface area (Å²) in [7, 11) is 0. The Bertz CT molecular complexity index is 1610. The molecule has 2 aliphatic rings. The third-order valence-corrected chi connectivity index (χ3v) is 8.01. The van der Waals surface area contributed by atoms with Crippen LogP contribution in [0.5, 0.6) is 11.6 Å². The third-order valence-electron chi connectivity index (χ3n) is 6.91. The highest BCUT2D eigenvalue weighted by molar-refractivity contribution is 7.21. The van der Waals surface area contributed by atoms with Crippen LogP contribution < -0.4 is 25.6 Å². The van der Waals surface area contributed by atoms with Gasteiger partial charge in [-0.3, -0.25) is 14.5 Å². The lowest BCUT2D eigenvalue weighted by Crippen LogP contribution is -2.52. The first-order chi connectivity index (χ1) is 19.5. The van der Waals surface area contributed by atoms with E-state index in [2.05, 4.69) is 37.7 Å². The molecule has 1 aliphatic heterocycles. The number of carbonyl (C=O) groups is 3. The van der Waals surface area contributed by atoms with Gasteiger partial charge in [-0.15, -0.1) is 16.4 Å². The van der Waals surface area contributed by atoms with Crippen LogP contribution in [0.3, 0.4) is 0 Å². The smallest absolute Gasteiger partial charge is 0.331 e. The molecule has 4 heterocycles. The Labute approximate surface area is 233 Å². The van der Waals surface area contributed by atoms with Gasteiger partial charge >= 0.3 is 6.03 Å². The van der Waals surface area contributed by atoms with Crippen molar-refractivity contribution < 1.29 is 19.1 Å². The van der Waals surface area contributed by atoms with Crippen LogP contribution >= 0.6 is 11.3 Å². The fourth-order valence-electron chi connectivity index (χ4n) is 5.08. The van der Waals surface area contributed by atoms with E-state index >= 15 is 0 Å². The molecule has 0 radical (unpaired) electrons. The predicted molar refractivity (Wildman–Crippen MR) is 151 cm³/mol. The van der Waals surface area contributed by atoms with Crippen LogP contribution in [0.1, 0.15) is 35.4 Å². The monoisotopic (exact) mass is 555 g/mol. The molecule has 0 unspecified atom stereocenters. The van der Waals surface area contributed by atoms with E-state index in [1.54, 1.807) is 59.8 Å². The van der Waals surface area contributed by atoms with Gasteiger partial charge in [0.05, 0.1) is 22.4 Å². The molecule has 0 bridgehead atoms. The maximum Gasteiger partial charge on any atom is 0.331 e. The van der Waals surface area contributed by atoms with E-state index in [4.69, 9.17) is 4.74 Å². The average molecular weight is 556 g/mol. The minimum atomic E-state index is -0.399. The molecule has 6 rings (SSSR count). The van der Waals surface area contributed by atoms with E-state index in [0.29, 0.717) is 43.8 Å². The van der Waals surface area contributed by atoms with Crippen molar-refractivity contribution in [1.82, 2.24) is 25.8 Å². The molecule has 2 atom stereocenters.